The number of carbonyl (C=O) groups excluding carboxylic acids is 1. The van der Waals surface area contributed by atoms with Crippen LogP contribution < -0.4 is 0 Å². The highest BCUT2D eigenvalue weighted by atomic mass is 79.9. The molecule has 0 rings (SSSR count). The normalized spacial score (nSPS) is 11.1. The molecule has 1 N–H and O–H groups in total. The van der Waals surface area contributed by atoms with Crippen molar-refractivity contribution in [3.63, 3.8) is 0 Å². The number of oxime groups is 1. The van der Waals surface area contributed by atoms with Crippen molar-refractivity contribution in [3.05, 3.63) is 0 Å². The van der Waals surface area contributed by atoms with E-state index >= 15 is 0 Å². The minimum atomic E-state index is -1.30. The molecule has 0 aliphatic heterocycles. The summed E-state index contributed by atoms with van der Waals surface area (Å²) in [7, 11) is 0. The summed E-state index contributed by atoms with van der Waals surface area (Å²) in [6.45, 7) is 0. The molecule has 0 aromatic heterocycles. The molecule has 0 amide bonds. The van der Waals surface area contributed by atoms with Crippen LogP contribution in [0.1, 0.15) is 0 Å². The molecule has 0 heterocycles. The Morgan fingerprint density at radius 2 is 2.44 bits per heavy atom. The van der Waals surface area contributed by atoms with Gasteiger partial charge in [0.05, 0.1) is 5.33 Å². The molecular formula is C3H3BrFNO3. The standard InChI is InChI=1S/C3H3BrFNO3/c4-1-2(6-8)3(7)9-5/h8H,1H2/b6-2-. The van der Waals surface area contributed by atoms with Crippen LogP contribution >= 0.6 is 15.9 Å². The summed E-state index contributed by atoms with van der Waals surface area (Å²) in [6, 6.07) is 0. The summed E-state index contributed by atoms with van der Waals surface area (Å²) in [5.41, 5.74) is -0.419. The molecule has 0 aromatic carbocycles. The molecule has 9 heavy (non-hydrogen) atoms. The van der Waals surface area contributed by atoms with E-state index < -0.39 is 11.7 Å². The topological polar surface area (TPSA) is 58.9 Å². The van der Waals surface area contributed by atoms with Crippen LogP contribution in [0.5, 0.6) is 0 Å². The fourth-order valence-corrected chi connectivity index (χ4v) is 0.508. The van der Waals surface area contributed by atoms with E-state index in [-0.39, 0.29) is 5.33 Å². The molecular weight excluding hydrogens is 197 g/mol. The highest BCUT2D eigenvalue weighted by Crippen LogP contribution is 1.89. The number of halogens is 2. The third-order valence-corrected chi connectivity index (χ3v) is 1.08. The predicted molar refractivity (Wildman–Crippen MR) is 30.2 cm³/mol. The number of alkyl halides is 1. The van der Waals surface area contributed by atoms with Gasteiger partial charge in [-0.3, -0.25) is 0 Å². The summed E-state index contributed by atoms with van der Waals surface area (Å²) in [4.78, 5) is 12.8. The van der Waals surface area contributed by atoms with E-state index in [0.29, 0.717) is 0 Å². The maximum Gasteiger partial charge on any atom is 0.397 e. The van der Waals surface area contributed by atoms with E-state index in [1.54, 1.807) is 0 Å². The first-order valence-electron chi connectivity index (χ1n) is 1.86. The average Bonchev–Trinajstić information content (AvgIpc) is 1.90. The van der Waals surface area contributed by atoms with Gasteiger partial charge in [-0.2, -0.15) is 0 Å². The molecule has 0 aliphatic rings. The van der Waals surface area contributed by atoms with Crippen LogP contribution in [0.25, 0.3) is 0 Å². The van der Waals surface area contributed by atoms with Gasteiger partial charge in [-0.1, -0.05) is 21.1 Å². The van der Waals surface area contributed by atoms with E-state index in [1.165, 1.54) is 0 Å². The number of carbonyl (C=O) groups is 1. The van der Waals surface area contributed by atoms with Gasteiger partial charge in [0.2, 0.25) is 0 Å². The highest BCUT2D eigenvalue weighted by Gasteiger charge is 2.12. The fourth-order valence-electron chi connectivity index (χ4n) is 0.167. The summed E-state index contributed by atoms with van der Waals surface area (Å²) in [5, 5.41) is 10.3. The molecule has 6 heteroatoms. The van der Waals surface area contributed by atoms with E-state index in [1.807, 2.05) is 0 Å². The first-order valence-corrected chi connectivity index (χ1v) is 2.98. The van der Waals surface area contributed by atoms with E-state index in [2.05, 4.69) is 26.0 Å². The lowest BCUT2D eigenvalue weighted by Crippen LogP contribution is -2.15. The minimum absolute atomic E-state index is 0.0494. The van der Waals surface area contributed by atoms with Crippen molar-refractivity contribution in [2.75, 3.05) is 5.33 Å². The Hall–Kier alpha value is -0.650. The Balaban J connectivity index is 3.97. The summed E-state index contributed by atoms with van der Waals surface area (Å²) < 4.78 is 10.9. The quantitative estimate of drug-likeness (QED) is 0.308. The van der Waals surface area contributed by atoms with Crippen molar-refractivity contribution in [2.24, 2.45) is 5.16 Å². The lowest BCUT2D eigenvalue weighted by molar-refractivity contribution is -0.174. The zero-order chi connectivity index (χ0) is 7.28. The van der Waals surface area contributed by atoms with Crippen molar-refractivity contribution in [1.29, 1.82) is 0 Å². The first kappa shape index (κ1) is 8.35. The third-order valence-electron chi connectivity index (χ3n) is 0.553. The molecule has 4 nitrogen and oxygen atoms in total. The number of hydrogen-bond acceptors (Lipinski definition) is 4. The van der Waals surface area contributed by atoms with Gasteiger partial charge in [0.25, 0.3) is 0 Å². The van der Waals surface area contributed by atoms with Crippen molar-refractivity contribution >= 4 is 27.6 Å². The molecule has 0 fully saturated rings. The van der Waals surface area contributed by atoms with E-state index in [0.717, 1.165) is 0 Å². The monoisotopic (exact) mass is 199 g/mol. The van der Waals surface area contributed by atoms with Crippen molar-refractivity contribution in [2.45, 2.75) is 0 Å². The van der Waals surface area contributed by atoms with Gasteiger partial charge >= 0.3 is 5.97 Å². The van der Waals surface area contributed by atoms with Crippen LogP contribution in [-0.2, 0) is 9.74 Å². The Labute approximate surface area is 58.3 Å². The lowest BCUT2D eigenvalue weighted by Gasteiger charge is -1.89. The van der Waals surface area contributed by atoms with Crippen LogP contribution in [0.2, 0.25) is 0 Å². The van der Waals surface area contributed by atoms with Crippen LogP contribution in [-0.4, -0.2) is 22.2 Å². The molecule has 0 radical (unpaired) electrons. The Morgan fingerprint density at radius 1 is 1.89 bits per heavy atom. The molecule has 0 saturated carbocycles. The number of rotatable bonds is 2. The third kappa shape index (κ3) is 2.41. The van der Waals surface area contributed by atoms with Crippen LogP contribution in [0.15, 0.2) is 5.16 Å². The molecule has 0 spiro atoms. The Bertz CT molecular complexity index is 137. The SMILES string of the molecule is O=C(OF)/C(CBr)=N\O. The van der Waals surface area contributed by atoms with E-state index in [4.69, 9.17) is 5.21 Å². The Morgan fingerprint density at radius 3 is 2.56 bits per heavy atom. The first-order chi connectivity index (χ1) is 4.26. The van der Waals surface area contributed by atoms with Gasteiger partial charge in [0, 0.05) is 4.53 Å². The maximum absolute atomic E-state index is 10.9. The lowest BCUT2D eigenvalue weighted by atomic mass is 10.4. The molecule has 0 saturated heterocycles. The summed E-state index contributed by atoms with van der Waals surface area (Å²) in [5.74, 6) is -1.30. The average molecular weight is 200 g/mol. The van der Waals surface area contributed by atoms with Crippen molar-refractivity contribution < 1.29 is 19.5 Å². The molecule has 0 aromatic rings. The van der Waals surface area contributed by atoms with Gasteiger partial charge < -0.3 is 5.21 Å². The van der Waals surface area contributed by atoms with Crippen LogP contribution in [0.4, 0.5) is 4.53 Å². The van der Waals surface area contributed by atoms with Crippen LogP contribution in [0.3, 0.4) is 0 Å². The van der Waals surface area contributed by atoms with Gasteiger partial charge in [-0.15, -0.1) is 0 Å². The number of hydrogen-bond donors (Lipinski definition) is 1. The number of nitrogens with zero attached hydrogens (tertiary/aromatic N) is 1. The highest BCUT2D eigenvalue weighted by molar-refractivity contribution is 9.09. The van der Waals surface area contributed by atoms with Gasteiger partial charge in [0.15, 0.2) is 5.71 Å². The molecule has 0 atom stereocenters. The van der Waals surface area contributed by atoms with Crippen molar-refractivity contribution in [3.8, 4) is 0 Å². The fraction of sp³-hybridized carbons (Fsp3) is 0.333. The maximum atomic E-state index is 10.9. The predicted octanol–water partition coefficient (Wildman–Crippen LogP) is 0.639. The summed E-state index contributed by atoms with van der Waals surface area (Å²) in [6.07, 6.45) is 0. The van der Waals surface area contributed by atoms with Gasteiger partial charge in [-0.25, -0.2) is 9.74 Å². The van der Waals surface area contributed by atoms with Crippen LogP contribution in [0, 0.1) is 0 Å². The second kappa shape index (κ2) is 4.25. The second-order valence-corrected chi connectivity index (χ2v) is 1.61. The summed E-state index contributed by atoms with van der Waals surface area (Å²) >= 11 is 2.76. The minimum Gasteiger partial charge on any atom is -0.410 e. The zero-order valence-electron chi connectivity index (χ0n) is 4.17. The largest absolute Gasteiger partial charge is 0.410 e. The smallest absolute Gasteiger partial charge is 0.397 e. The molecule has 52 valence electrons. The zero-order valence-corrected chi connectivity index (χ0v) is 5.76. The Kier molecular flexibility index (Phi) is 3.94. The second-order valence-electron chi connectivity index (χ2n) is 1.04. The van der Waals surface area contributed by atoms with Crippen molar-refractivity contribution in [1.82, 2.24) is 0 Å². The van der Waals surface area contributed by atoms with Gasteiger partial charge in [0.1, 0.15) is 0 Å². The molecule has 0 unspecified atom stereocenters. The van der Waals surface area contributed by atoms with Gasteiger partial charge in [-0.05, 0) is 0 Å². The molecule has 0 bridgehead atoms. The van der Waals surface area contributed by atoms with E-state index in [9.17, 15) is 9.32 Å². The molecule has 0 aliphatic carbocycles.